The highest BCUT2D eigenvalue weighted by Gasteiger charge is 2.37. The molecule has 1 saturated carbocycles. The SMILES string of the molecule is COc1ccccc1CN1CCOC2CCC(OC)CC21. The summed E-state index contributed by atoms with van der Waals surface area (Å²) in [6, 6.07) is 8.74. The van der Waals surface area contributed by atoms with Gasteiger partial charge in [-0.2, -0.15) is 0 Å². The monoisotopic (exact) mass is 291 g/mol. The predicted molar refractivity (Wildman–Crippen MR) is 81.6 cm³/mol. The molecule has 1 heterocycles. The molecule has 1 aromatic rings. The lowest BCUT2D eigenvalue weighted by Crippen LogP contribution is -2.54. The predicted octanol–water partition coefficient (Wildman–Crippen LogP) is 2.46. The van der Waals surface area contributed by atoms with Gasteiger partial charge in [0.2, 0.25) is 0 Å². The molecule has 3 atom stereocenters. The molecule has 3 rings (SSSR count). The van der Waals surface area contributed by atoms with E-state index in [0.29, 0.717) is 18.2 Å². The van der Waals surface area contributed by atoms with Gasteiger partial charge in [0.25, 0.3) is 0 Å². The molecule has 1 aliphatic carbocycles. The molecular formula is C17H25NO3. The molecular weight excluding hydrogens is 266 g/mol. The van der Waals surface area contributed by atoms with Crippen molar-refractivity contribution in [2.75, 3.05) is 27.4 Å². The van der Waals surface area contributed by atoms with Crippen molar-refractivity contribution in [2.24, 2.45) is 0 Å². The number of methoxy groups -OCH3 is 2. The number of morpholine rings is 1. The van der Waals surface area contributed by atoms with Crippen molar-refractivity contribution in [2.45, 2.75) is 44.1 Å². The van der Waals surface area contributed by atoms with E-state index in [1.807, 2.05) is 19.2 Å². The number of rotatable bonds is 4. The van der Waals surface area contributed by atoms with Crippen molar-refractivity contribution in [3.8, 4) is 5.75 Å². The Morgan fingerprint density at radius 2 is 2.10 bits per heavy atom. The third-order valence-electron chi connectivity index (χ3n) is 4.79. The second-order valence-electron chi connectivity index (χ2n) is 5.93. The highest BCUT2D eigenvalue weighted by atomic mass is 16.5. The minimum Gasteiger partial charge on any atom is -0.496 e. The first kappa shape index (κ1) is 14.8. The van der Waals surface area contributed by atoms with Gasteiger partial charge < -0.3 is 14.2 Å². The Labute approximate surface area is 127 Å². The maximum absolute atomic E-state index is 5.97. The van der Waals surface area contributed by atoms with Crippen LogP contribution in [0.5, 0.6) is 5.75 Å². The fraction of sp³-hybridized carbons (Fsp3) is 0.647. The maximum atomic E-state index is 5.97. The number of nitrogens with zero attached hydrogens (tertiary/aromatic N) is 1. The zero-order chi connectivity index (χ0) is 14.7. The quantitative estimate of drug-likeness (QED) is 0.852. The number of para-hydroxylation sites is 1. The molecule has 1 saturated heterocycles. The normalized spacial score (nSPS) is 29.9. The van der Waals surface area contributed by atoms with Crippen molar-refractivity contribution >= 4 is 0 Å². The molecule has 0 amide bonds. The minimum absolute atomic E-state index is 0.361. The molecule has 0 spiro atoms. The van der Waals surface area contributed by atoms with Crippen LogP contribution in [0, 0.1) is 0 Å². The van der Waals surface area contributed by atoms with Gasteiger partial charge >= 0.3 is 0 Å². The molecule has 21 heavy (non-hydrogen) atoms. The lowest BCUT2D eigenvalue weighted by atomic mass is 9.87. The Kier molecular flexibility index (Phi) is 4.78. The Morgan fingerprint density at radius 1 is 1.24 bits per heavy atom. The molecule has 2 aliphatic rings. The highest BCUT2D eigenvalue weighted by molar-refractivity contribution is 5.33. The summed E-state index contributed by atoms with van der Waals surface area (Å²) in [5, 5.41) is 0. The molecule has 116 valence electrons. The number of ether oxygens (including phenoxy) is 3. The molecule has 1 aromatic carbocycles. The van der Waals surface area contributed by atoms with E-state index in [0.717, 1.165) is 44.7 Å². The number of benzene rings is 1. The summed E-state index contributed by atoms with van der Waals surface area (Å²) in [5.41, 5.74) is 1.25. The number of hydrogen-bond donors (Lipinski definition) is 0. The summed E-state index contributed by atoms with van der Waals surface area (Å²) in [6.07, 6.45) is 4.01. The Balaban J connectivity index is 1.74. The van der Waals surface area contributed by atoms with Gasteiger partial charge in [0.1, 0.15) is 5.75 Å². The minimum atomic E-state index is 0.361. The van der Waals surface area contributed by atoms with E-state index < -0.39 is 0 Å². The van der Waals surface area contributed by atoms with Crippen LogP contribution in [-0.2, 0) is 16.0 Å². The van der Waals surface area contributed by atoms with Crippen LogP contribution in [0.1, 0.15) is 24.8 Å². The number of fused-ring (bicyclic) bond motifs is 1. The van der Waals surface area contributed by atoms with E-state index >= 15 is 0 Å². The molecule has 2 fully saturated rings. The topological polar surface area (TPSA) is 30.9 Å². The van der Waals surface area contributed by atoms with Crippen LogP contribution in [0.3, 0.4) is 0 Å². The smallest absolute Gasteiger partial charge is 0.123 e. The van der Waals surface area contributed by atoms with E-state index in [-0.39, 0.29) is 0 Å². The van der Waals surface area contributed by atoms with Crippen LogP contribution < -0.4 is 4.74 Å². The van der Waals surface area contributed by atoms with E-state index in [2.05, 4.69) is 17.0 Å². The van der Waals surface area contributed by atoms with Crippen molar-refractivity contribution in [3.05, 3.63) is 29.8 Å². The van der Waals surface area contributed by atoms with Gasteiger partial charge in [0.15, 0.2) is 0 Å². The first-order valence-corrected chi connectivity index (χ1v) is 7.82. The fourth-order valence-electron chi connectivity index (χ4n) is 3.61. The third-order valence-corrected chi connectivity index (χ3v) is 4.79. The van der Waals surface area contributed by atoms with E-state index in [1.165, 1.54) is 5.56 Å². The van der Waals surface area contributed by atoms with E-state index in [1.54, 1.807) is 7.11 Å². The molecule has 0 bridgehead atoms. The van der Waals surface area contributed by atoms with Crippen molar-refractivity contribution < 1.29 is 14.2 Å². The molecule has 1 aliphatic heterocycles. The van der Waals surface area contributed by atoms with Crippen LogP contribution in [0.2, 0.25) is 0 Å². The van der Waals surface area contributed by atoms with Crippen molar-refractivity contribution in [3.63, 3.8) is 0 Å². The summed E-state index contributed by atoms with van der Waals surface area (Å²) in [4.78, 5) is 2.54. The largest absolute Gasteiger partial charge is 0.496 e. The first-order valence-electron chi connectivity index (χ1n) is 7.82. The Morgan fingerprint density at radius 3 is 2.90 bits per heavy atom. The van der Waals surface area contributed by atoms with Crippen molar-refractivity contribution in [1.29, 1.82) is 0 Å². The highest BCUT2D eigenvalue weighted by Crippen LogP contribution is 2.32. The zero-order valence-electron chi connectivity index (χ0n) is 13.0. The van der Waals surface area contributed by atoms with Gasteiger partial charge in [0, 0.05) is 31.8 Å². The summed E-state index contributed by atoms with van der Waals surface area (Å²) in [6.45, 7) is 2.73. The lowest BCUT2D eigenvalue weighted by molar-refractivity contribution is -0.116. The summed E-state index contributed by atoms with van der Waals surface area (Å²) < 4.78 is 17.0. The van der Waals surface area contributed by atoms with Crippen LogP contribution in [0.25, 0.3) is 0 Å². The van der Waals surface area contributed by atoms with E-state index in [9.17, 15) is 0 Å². The zero-order valence-corrected chi connectivity index (χ0v) is 13.0. The standard InChI is InChI=1S/C17H25NO3/c1-19-14-7-8-17-15(11-14)18(9-10-21-17)12-13-5-3-4-6-16(13)20-2/h3-6,14-15,17H,7-12H2,1-2H3. The van der Waals surface area contributed by atoms with Gasteiger partial charge in [-0.15, -0.1) is 0 Å². The average Bonchev–Trinajstić information content (AvgIpc) is 2.55. The van der Waals surface area contributed by atoms with Crippen LogP contribution in [0.4, 0.5) is 0 Å². The van der Waals surface area contributed by atoms with Gasteiger partial charge in [-0.3, -0.25) is 4.90 Å². The molecule has 0 N–H and O–H groups in total. The number of hydrogen-bond acceptors (Lipinski definition) is 4. The average molecular weight is 291 g/mol. The lowest BCUT2D eigenvalue weighted by Gasteiger charge is -2.45. The van der Waals surface area contributed by atoms with Gasteiger partial charge in [-0.25, -0.2) is 0 Å². The van der Waals surface area contributed by atoms with Crippen LogP contribution in [0.15, 0.2) is 24.3 Å². The molecule has 0 radical (unpaired) electrons. The summed E-state index contributed by atoms with van der Waals surface area (Å²) >= 11 is 0. The Hall–Kier alpha value is -1.10. The third kappa shape index (κ3) is 3.23. The van der Waals surface area contributed by atoms with Crippen molar-refractivity contribution in [1.82, 2.24) is 4.90 Å². The van der Waals surface area contributed by atoms with Gasteiger partial charge in [-0.1, -0.05) is 18.2 Å². The second kappa shape index (κ2) is 6.77. The Bertz CT molecular complexity index is 465. The second-order valence-corrected chi connectivity index (χ2v) is 5.93. The van der Waals surface area contributed by atoms with Gasteiger partial charge in [-0.05, 0) is 25.3 Å². The molecule has 0 aromatic heterocycles. The maximum Gasteiger partial charge on any atom is 0.123 e. The fourth-order valence-corrected chi connectivity index (χ4v) is 3.61. The van der Waals surface area contributed by atoms with Gasteiger partial charge in [0.05, 0.1) is 25.9 Å². The molecule has 4 nitrogen and oxygen atoms in total. The molecule has 3 unspecified atom stereocenters. The summed E-state index contributed by atoms with van der Waals surface area (Å²) in [7, 11) is 3.56. The molecule has 4 heteroatoms. The summed E-state index contributed by atoms with van der Waals surface area (Å²) in [5.74, 6) is 0.972. The first-order chi connectivity index (χ1) is 10.3. The van der Waals surface area contributed by atoms with Crippen LogP contribution >= 0.6 is 0 Å². The van der Waals surface area contributed by atoms with E-state index in [4.69, 9.17) is 14.2 Å². The van der Waals surface area contributed by atoms with Crippen LogP contribution in [-0.4, -0.2) is 50.5 Å².